The maximum absolute atomic E-state index is 9.83. The van der Waals surface area contributed by atoms with Crippen LogP contribution >= 0.6 is 22.9 Å². The van der Waals surface area contributed by atoms with Crippen molar-refractivity contribution in [3.63, 3.8) is 0 Å². The van der Waals surface area contributed by atoms with Crippen LogP contribution in [0.2, 0.25) is 5.02 Å². The van der Waals surface area contributed by atoms with Crippen LogP contribution in [-0.4, -0.2) is 29.3 Å². The van der Waals surface area contributed by atoms with Gasteiger partial charge in [0.1, 0.15) is 0 Å². The van der Waals surface area contributed by atoms with Gasteiger partial charge in [-0.05, 0) is 24.6 Å². The zero-order valence-corrected chi connectivity index (χ0v) is 13.5. The number of benzene rings is 1. The lowest BCUT2D eigenvalue weighted by Crippen LogP contribution is -2.30. The zero-order chi connectivity index (χ0) is 15.1. The van der Waals surface area contributed by atoms with Gasteiger partial charge in [0.25, 0.3) is 0 Å². The van der Waals surface area contributed by atoms with Crippen LogP contribution in [0.25, 0.3) is 0 Å². The van der Waals surface area contributed by atoms with Crippen LogP contribution in [0, 0.1) is 6.92 Å². The molecule has 1 atom stereocenters. The molecule has 114 valence electrons. The van der Waals surface area contributed by atoms with E-state index in [4.69, 9.17) is 16.3 Å². The minimum atomic E-state index is -0.531. The summed E-state index contributed by atoms with van der Waals surface area (Å²) in [6, 6.07) is 7.48. The highest BCUT2D eigenvalue weighted by Gasteiger charge is 2.05. The molecule has 1 unspecified atom stereocenters. The molecule has 6 heteroatoms. The van der Waals surface area contributed by atoms with Crippen molar-refractivity contribution >= 4 is 22.9 Å². The van der Waals surface area contributed by atoms with Crippen molar-refractivity contribution in [3.05, 3.63) is 50.9 Å². The SMILES string of the molecule is Cc1nc(CNCC(O)COCc2ccc(Cl)cc2)cs1. The molecule has 2 aromatic rings. The van der Waals surface area contributed by atoms with E-state index in [-0.39, 0.29) is 0 Å². The molecule has 0 saturated heterocycles. The van der Waals surface area contributed by atoms with Gasteiger partial charge >= 0.3 is 0 Å². The number of aliphatic hydroxyl groups excluding tert-OH is 1. The Balaban J connectivity index is 1.59. The Morgan fingerprint density at radius 1 is 1.38 bits per heavy atom. The fraction of sp³-hybridized carbons (Fsp3) is 0.400. The average molecular weight is 327 g/mol. The van der Waals surface area contributed by atoms with Crippen molar-refractivity contribution in [2.75, 3.05) is 13.2 Å². The van der Waals surface area contributed by atoms with Gasteiger partial charge in [0.05, 0.1) is 30.0 Å². The number of nitrogens with one attached hydrogen (secondary N) is 1. The van der Waals surface area contributed by atoms with Gasteiger partial charge in [0.2, 0.25) is 0 Å². The van der Waals surface area contributed by atoms with Crippen LogP contribution in [0.1, 0.15) is 16.3 Å². The summed E-state index contributed by atoms with van der Waals surface area (Å²) in [7, 11) is 0. The molecule has 1 aromatic heterocycles. The number of thiazole rings is 1. The van der Waals surface area contributed by atoms with E-state index in [1.807, 2.05) is 36.6 Å². The van der Waals surface area contributed by atoms with Crippen molar-refractivity contribution in [2.24, 2.45) is 0 Å². The van der Waals surface area contributed by atoms with E-state index in [2.05, 4.69) is 10.3 Å². The third-order valence-corrected chi connectivity index (χ3v) is 3.92. The number of aromatic nitrogens is 1. The molecule has 0 aliphatic carbocycles. The molecule has 0 saturated carbocycles. The predicted molar refractivity (Wildman–Crippen MR) is 85.7 cm³/mol. The molecular weight excluding hydrogens is 308 g/mol. The molecule has 0 amide bonds. The number of nitrogens with zero attached hydrogens (tertiary/aromatic N) is 1. The van der Waals surface area contributed by atoms with Gasteiger partial charge in [-0.15, -0.1) is 11.3 Å². The molecule has 1 aromatic carbocycles. The summed E-state index contributed by atoms with van der Waals surface area (Å²) >= 11 is 7.44. The van der Waals surface area contributed by atoms with Gasteiger partial charge in [-0.3, -0.25) is 0 Å². The summed E-state index contributed by atoms with van der Waals surface area (Å²) in [5.74, 6) is 0. The van der Waals surface area contributed by atoms with Gasteiger partial charge in [0.15, 0.2) is 0 Å². The molecule has 0 radical (unpaired) electrons. The standard InChI is InChI=1S/C15H19ClN2O2S/c1-11-18-14(10-21-11)6-17-7-15(19)9-20-8-12-2-4-13(16)5-3-12/h2-5,10,15,17,19H,6-9H2,1H3. The van der Waals surface area contributed by atoms with E-state index in [0.717, 1.165) is 16.3 Å². The summed E-state index contributed by atoms with van der Waals surface area (Å²) in [6.45, 7) is 3.90. The van der Waals surface area contributed by atoms with E-state index >= 15 is 0 Å². The molecule has 2 rings (SSSR count). The number of halogens is 1. The van der Waals surface area contributed by atoms with E-state index in [1.165, 1.54) is 0 Å². The summed E-state index contributed by atoms with van der Waals surface area (Å²) in [5, 5.41) is 16.8. The maximum atomic E-state index is 9.83. The molecule has 0 aliphatic heterocycles. The molecule has 0 spiro atoms. The topological polar surface area (TPSA) is 54.4 Å². The Morgan fingerprint density at radius 3 is 2.81 bits per heavy atom. The first-order chi connectivity index (χ1) is 10.1. The molecule has 0 fully saturated rings. The summed E-state index contributed by atoms with van der Waals surface area (Å²) in [5.41, 5.74) is 2.05. The number of aryl methyl sites for hydroxylation is 1. The minimum Gasteiger partial charge on any atom is -0.389 e. The molecule has 0 aliphatic rings. The monoisotopic (exact) mass is 326 g/mol. The highest BCUT2D eigenvalue weighted by atomic mass is 35.5. The summed E-state index contributed by atoms with van der Waals surface area (Å²) < 4.78 is 5.48. The van der Waals surface area contributed by atoms with Crippen LogP contribution in [0.4, 0.5) is 0 Å². The van der Waals surface area contributed by atoms with E-state index in [9.17, 15) is 5.11 Å². The molecule has 21 heavy (non-hydrogen) atoms. The molecule has 2 N–H and O–H groups in total. The van der Waals surface area contributed by atoms with Gasteiger partial charge < -0.3 is 15.2 Å². The van der Waals surface area contributed by atoms with Crippen molar-refractivity contribution in [1.82, 2.24) is 10.3 Å². The average Bonchev–Trinajstić information content (AvgIpc) is 2.87. The molecule has 1 heterocycles. The van der Waals surface area contributed by atoms with Gasteiger partial charge in [-0.2, -0.15) is 0 Å². The highest BCUT2D eigenvalue weighted by molar-refractivity contribution is 7.09. The van der Waals surface area contributed by atoms with E-state index < -0.39 is 6.10 Å². The van der Waals surface area contributed by atoms with Gasteiger partial charge in [0, 0.05) is 23.5 Å². The molecule has 0 bridgehead atoms. The Labute approximate surface area is 133 Å². The first-order valence-corrected chi connectivity index (χ1v) is 8.01. The van der Waals surface area contributed by atoms with Gasteiger partial charge in [-0.25, -0.2) is 4.98 Å². The fourth-order valence-electron chi connectivity index (χ4n) is 1.81. The number of rotatable bonds is 8. The van der Waals surface area contributed by atoms with E-state index in [0.29, 0.717) is 31.3 Å². The Morgan fingerprint density at radius 2 is 2.14 bits per heavy atom. The van der Waals surface area contributed by atoms with Crippen molar-refractivity contribution in [1.29, 1.82) is 0 Å². The van der Waals surface area contributed by atoms with Crippen LogP contribution < -0.4 is 5.32 Å². The third-order valence-electron chi connectivity index (χ3n) is 2.84. The predicted octanol–water partition coefficient (Wildman–Crippen LogP) is 2.77. The van der Waals surface area contributed by atoms with Crippen LogP contribution in [0.15, 0.2) is 29.6 Å². The van der Waals surface area contributed by atoms with Crippen LogP contribution in [0.3, 0.4) is 0 Å². The number of hydrogen-bond acceptors (Lipinski definition) is 5. The lowest BCUT2D eigenvalue weighted by atomic mass is 10.2. The second-order valence-electron chi connectivity index (χ2n) is 4.78. The van der Waals surface area contributed by atoms with Crippen LogP contribution in [0.5, 0.6) is 0 Å². The smallest absolute Gasteiger partial charge is 0.0897 e. The lowest BCUT2D eigenvalue weighted by Gasteiger charge is -2.12. The second-order valence-corrected chi connectivity index (χ2v) is 6.28. The summed E-state index contributed by atoms with van der Waals surface area (Å²) in [4.78, 5) is 4.35. The van der Waals surface area contributed by atoms with Crippen molar-refractivity contribution in [2.45, 2.75) is 26.2 Å². The second kappa shape index (κ2) is 8.46. The Bertz CT molecular complexity index is 545. The van der Waals surface area contributed by atoms with Crippen molar-refractivity contribution in [3.8, 4) is 0 Å². The van der Waals surface area contributed by atoms with E-state index in [1.54, 1.807) is 11.3 Å². The van der Waals surface area contributed by atoms with Gasteiger partial charge in [-0.1, -0.05) is 23.7 Å². The molecule has 4 nitrogen and oxygen atoms in total. The van der Waals surface area contributed by atoms with Crippen molar-refractivity contribution < 1.29 is 9.84 Å². The maximum Gasteiger partial charge on any atom is 0.0897 e. The number of ether oxygens (including phenoxy) is 1. The zero-order valence-electron chi connectivity index (χ0n) is 11.9. The molecular formula is C15H19ClN2O2S. The summed E-state index contributed by atoms with van der Waals surface area (Å²) in [6.07, 6.45) is -0.531. The fourth-order valence-corrected chi connectivity index (χ4v) is 2.55. The van der Waals surface area contributed by atoms with Crippen LogP contribution in [-0.2, 0) is 17.9 Å². The first-order valence-electron chi connectivity index (χ1n) is 6.75. The Kier molecular flexibility index (Phi) is 6.60. The first kappa shape index (κ1) is 16.4. The normalized spacial score (nSPS) is 12.5. The third kappa shape index (κ3) is 6.11. The Hall–Kier alpha value is -0.980. The number of aliphatic hydroxyl groups is 1. The largest absolute Gasteiger partial charge is 0.389 e. The quantitative estimate of drug-likeness (QED) is 0.783. The number of hydrogen-bond donors (Lipinski definition) is 2. The minimum absolute atomic E-state index is 0.297. The lowest BCUT2D eigenvalue weighted by molar-refractivity contribution is 0.0287. The highest BCUT2D eigenvalue weighted by Crippen LogP contribution is 2.10.